The molecule has 0 aliphatic carbocycles. The molecule has 0 saturated heterocycles. The molecule has 0 bridgehead atoms. The average Bonchev–Trinajstić information content (AvgIpc) is 2.81. The first-order chi connectivity index (χ1) is 8.58. The zero-order valence-corrected chi connectivity index (χ0v) is 9.41. The SMILES string of the molecule is Cc1cc(NC(=O)c2ccco2)ncc1[N+](=O)[O-]. The molecule has 18 heavy (non-hydrogen) atoms. The van der Waals surface area contributed by atoms with Gasteiger partial charge in [0.1, 0.15) is 12.0 Å². The van der Waals surface area contributed by atoms with E-state index >= 15 is 0 Å². The minimum Gasteiger partial charge on any atom is -0.459 e. The van der Waals surface area contributed by atoms with Crippen LogP contribution in [0.3, 0.4) is 0 Å². The molecule has 0 unspecified atom stereocenters. The van der Waals surface area contributed by atoms with Crippen molar-refractivity contribution >= 4 is 17.4 Å². The fourth-order valence-electron chi connectivity index (χ4n) is 1.39. The topological polar surface area (TPSA) is 98.3 Å². The van der Waals surface area contributed by atoms with E-state index in [9.17, 15) is 14.9 Å². The summed E-state index contributed by atoms with van der Waals surface area (Å²) in [4.78, 5) is 25.5. The molecule has 0 aliphatic heterocycles. The molecule has 2 aromatic rings. The molecule has 1 N–H and O–H groups in total. The standard InChI is InChI=1S/C11H9N3O4/c1-7-5-10(12-6-8(7)14(16)17)13-11(15)9-3-2-4-18-9/h2-6H,1H3,(H,12,13,15). The summed E-state index contributed by atoms with van der Waals surface area (Å²) < 4.78 is 4.91. The van der Waals surface area contributed by atoms with Crippen LogP contribution in [0.25, 0.3) is 0 Å². The predicted molar refractivity (Wildman–Crippen MR) is 62.3 cm³/mol. The molecule has 0 spiro atoms. The lowest BCUT2D eigenvalue weighted by molar-refractivity contribution is -0.385. The maximum Gasteiger partial charge on any atom is 0.292 e. The van der Waals surface area contributed by atoms with Gasteiger partial charge >= 0.3 is 0 Å². The monoisotopic (exact) mass is 247 g/mol. The van der Waals surface area contributed by atoms with E-state index in [0.717, 1.165) is 6.20 Å². The Hall–Kier alpha value is -2.70. The van der Waals surface area contributed by atoms with Gasteiger partial charge in [-0.25, -0.2) is 4.98 Å². The molecule has 1 amide bonds. The van der Waals surface area contributed by atoms with Crippen LogP contribution in [0.15, 0.2) is 35.1 Å². The first-order valence-corrected chi connectivity index (χ1v) is 5.04. The zero-order chi connectivity index (χ0) is 13.1. The minimum absolute atomic E-state index is 0.0917. The molecule has 2 heterocycles. The number of rotatable bonds is 3. The number of nitro groups is 1. The van der Waals surface area contributed by atoms with Crippen molar-refractivity contribution < 1.29 is 14.1 Å². The number of hydrogen-bond acceptors (Lipinski definition) is 5. The van der Waals surface area contributed by atoms with Crippen molar-refractivity contribution in [3.05, 3.63) is 52.1 Å². The Morgan fingerprint density at radius 3 is 2.89 bits per heavy atom. The number of carbonyl (C=O) groups excluding carboxylic acids is 1. The summed E-state index contributed by atoms with van der Waals surface area (Å²) in [5, 5.41) is 13.1. The number of carbonyl (C=O) groups is 1. The van der Waals surface area contributed by atoms with Crippen LogP contribution in [0.2, 0.25) is 0 Å². The largest absolute Gasteiger partial charge is 0.459 e. The van der Waals surface area contributed by atoms with Crippen LogP contribution in [0.4, 0.5) is 11.5 Å². The van der Waals surface area contributed by atoms with E-state index in [0.29, 0.717) is 5.56 Å². The van der Waals surface area contributed by atoms with Crippen LogP contribution >= 0.6 is 0 Å². The van der Waals surface area contributed by atoms with Gasteiger partial charge in [-0.15, -0.1) is 0 Å². The van der Waals surface area contributed by atoms with E-state index in [1.165, 1.54) is 18.4 Å². The van der Waals surface area contributed by atoms with Crippen molar-refractivity contribution in [3.8, 4) is 0 Å². The highest BCUT2D eigenvalue weighted by molar-refractivity contribution is 6.01. The second-order valence-corrected chi connectivity index (χ2v) is 3.54. The Morgan fingerprint density at radius 1 is 1.56 bits per heavy atom. The van der Waals surface area contributed by atoms with Crippen LogP contribution in [-0.2, 0) is 0 Å². The van der Waals surface area contributed by atoms with Crippen LogP contribution in [0.1, 0.15) is 16.1 Å². The maximum atomic E-state index is 11.6. The Labute approximate surface area is 102 Å². The molecule has 0 fully saturated rings. The molecule has 0 radical (unpaired) electrons. The first-order valence-electron chi connectivity index (χ1n) is 5.04. The molecule has 7 nitrogen and oxygen atoms in total. The summed E-state index contributed by atoms with van der Waals surface area (Å²) in [5.41, 5.74) is 0.329. The van der Waals surface area contributed by atoms with Gasteiger partial charge in [-0.05, 0) is 25.1 Å². The van der Waals surface area contributed by atoms with Gasteiger partial charge in [0, 0.05) is 5.56 Å². The maximum absolute atomic E-state index is 11.6. The smallest absolute Gasteiger partial charge is 0.292 e. The molecule has 2 aromatic heterocycles. The van der Waals surface area contributed by atoms with Crippen molar-refractivity contribution in [1.82, 2.24) is 4.98 Å². The molecule has 0 saturated carbocycles. The van der Waals surface area contributed by atoms with Gasteiger partial charge in [-0.1, -0.05) is 0 Å². The third kappa shape index (κ3) is 2.34. The summed E-state index contributed by atoms with van der Waals surface area (Å²) >= 11 is 0. The molecule has 7 heteroatoms. The van der Waals surface area contributed by atoms with Gasteiger partial charge in [-0.2, -0.15) is 0 Å². The van der Waals surface area contributed by atoms with Crippen molar-refractivity contribution in [2.24, 2.45) is 0 Å². The lowest BCUT2D eigenvalue weighted by Crippen LogP contribution is -2.12. The fourth-order valence-corrected chi connectivity index (χ4v) is 1.39. The van der Waals surface area contributed by atoms with Crippen molar-refractivity contribution in [3.63, 3.8) is 0 Å². The molecule has 2 rings (SSSR count). The highest BCUT2D eigenvalue weighted by atomic mass is 16.6. The number of nitrogens with one attached hydrogen (secondary N) is 1. The normalized spacial score (nSPS) is 10.1. The third-order valence-corrected chi connectivity index (χ3v) is 2.27. The lowest BCUT2D eigenvalue weighted by Gasteiger charge is -2.03. The van der Waals surface area contributed by atoms with Gasteiger partial charge in [0.05, 0.1) is 11.2 Å². The van der Waals surface area contributed by atoms with Crippen LogP contribution in [-0.4, -0.2) is 15.8 Å². The highest BCUT2D eigenvalue weighted by Crippen LogP contribution is 2.19. The molecule has 0 aromatic carbocycles. The van der Waals surface area contributed by atoms with Gasteiger partial charge in [0.15, 0.2) is 5.76 Å². The summed E-state index contributed by atoms with van der Waals surface area (Å²) in [6.45, 7) is 1.57. The molecule has 92 valence electrons. The number of aryl methyl sites for hydroxylation is 1. The minimum atomic E-state index is -0.527. The van der Waals surface area contributed by atoms with E-state index in [2.05, 4.69) is 10.3 Å². The summed E-state index contributed by atoms with van der Waals surface area (Å²) in [7, 11) is 0. The van der Waals surface area contributed by atoms with E-state index in [-0.39, 0.29) is 17.3 Å². The average molecular weight is 247 g/mol. The quantitative estimate of drug-likeness (QED) is 0.661. The van der Waals surface area contributed by atoms with Gasteiger partial charge in [0.2, 0.25) is 0 Å². The number of furan rings is 1. The summed E-state index contributed by atoms with van der Waals surface area (Å²) in [6, 6.07) is 4.52. The Bertz CT molecular complexity index is 592. The summed E-state index contributed by atoms with van der Waals surface area (Å²) in [5.74, 6) is -0.0759. The second-order valence-electron chi connectivity index (χ2n) is 3.54. The lowest BCUT2D eigenvalue weighted by atomic mass is 10.2. The first kappa shape index (κ1) is 11.8. The van der Waals surface area contributed by atoms with E-state index in [4.69, 9.17) is 4.42 Å². The number of anilines is 1. The molecule has 0 atom stereocenters. The molecule has 0 aliphatic rings. The fraction of sp³-hybridized carbons (Fsp3) is 0.0909. The number of hydrogen-bond donors (Lipinski definition) is 1. The van der Waals surface area contributed by atoms with Crippen LogP contribution < -0.4 is 5.32 Å². The van der Waals surface area contributed by atoms with Crippen molar-refractivity contribution in [2.45, 2.75) is 6.92 Å². The van der Waals surface area contributed by atoms with Crippen LogP contribution in [0.5, 0.6) is 0 Å². The van der Waals surface area contributed by atoms with E-state index < -0.39 is 10.8 Å². The van der Waals surface area contributed by atoms with Crippen molar-refractivity contribution in [1.29, 1.82) is 0 Å². The molecular weight excluding hydrogens is 238 g/mol. The van der Waals surface area contributed by atoms with Gasteiger partial charge in [0.25, 0.3) is 11.6 Å². The zero-order valence-electron chi connectivity index (χ0n) is 9.41. The van der Waals surface area contributed by atoms with Crippen LogP contribution in [0, 0.1) is 17.0 Å². The van der Waals surface area contributed by atoms with E-state index in [1.807, 2.05) is 0 Å². The Kier molecular flexibility index (Phi) is 3.05. The van der Waals surface area contributed by atoms with Gasteiger partial charge < -0.3 is 9.73 Å². The number of amides is 1. The number of nitrogens with zero attached hydrogens (tertiary/aromatic N) is 2. The predicted octanol–water partition coefficient (Wildman–Crippen LogP) is 2.14. The van der Waals surface area contributed by atoms with Gasteiger partial charge in [-0.3, -0.25) is 14.9 Å². The highest BCUT2D eigenvalue weighted by Gasteiger charge is 2.14. The number of aromatic nitrogens is 1. The Morgan fingerprint density at radius 2 is 2.33 bits per heavy atom. The number of pyridine rings is 1. The second kappa shape index (κ2) is 4.66. The summed E-state index contributed by atoms with van der Waals surface area (Å²) in [6.07, 6.45) is 2.48. The molecular formula is C11H9N3O4. The Balaban J connectivity index is 2.18. The van der Waals surface area contributed by atoms with E-state index in [1.54, 1.807) is 13.0 Å². The third-order valence-electron chi connectivity index (χ3n) is 2.27. The van der Waals surface area contributed by atoms with Crippen molar-refractivity contribution in [2.75, 3.05) is 5.32 Å².